The number of primary amides is 1. The standard InChI is InChI=1S/C23H20N2O6S/c1-30-14-7-5-12(6-8-14)19-20-21(32-22(19)23(28)29)16(10-18(27)25-20)13-3-2-4-15(9-13)31-11-17(24)26/h2-9,16H,10-11H2,1H3,(H2,24,26)(H,25,27)(H,28,29). The van der Waals surface area contributed by atoms with Gasteiger partial charge in [-0.3, -0.25) is 9.59 Å². The Morgan fingerprint density at radius 1 is 1.19 bits per heavy atom. The third kappa shape index (κ3) is 4.15. The van der Waals surface area contributed by atoms with Crippen LogP contribution in [0.2, 0.25) is 0 Å². The van der Waals surface area contributed by atoms with Gasteiger partial charge in [-0.15, -0.1) is 11.3 Å². The van der Waals surface area contributed by atoms with Gasteiger partial charge >= 0.3 is 5.97 Å². The minimum Gasteiger partial charge on any atom is -0.497 e. The number of nitrogens with one attached hydrogen (secondary N) is 1. The van der Waals surface area contributed by atoms with E-state index in [0.29, 0.717) is 28.3 Å². The number of carbonyl (C=O) groups is 3. The molecule has 9 heteroatoms. The van der Waals surface area contributed by atoms with E-state index >= 15 is 0 Å². The summed E-state index contributed by atoms with van der Waals surface area (Å²) in [5.41, 5.74) is 7.57. The van der Waals surface area contributed by atoms with Gasteiger partial charge in [0.1, 0.15) is 16.4 Å². The number of methoxy groups -OCH3 is 1. The van der Waals surface area contributed by atoms with E-state index in [0.717, 1.165) is 21.8 Å². The Bertz CT molecular complexity index is 1200. The fraction of sp³-hybridized carbons (Fsp3) is 0.174. The SMILES string of the molecule is COc1ccc(-c2c(C(=O)O)sc3c2NC(=O)CC3c2cccc(OCC(N)=O)c2)cc1. The Labute approximate surface area is 187 Å². The molecule has 32 heavy (non-hydrogen) atoms. The van der Waals surface area contributed by atoms with E-state index in [1.165, 1.54) is 0 Å². The van der Waals surface area contributed by atoms with Crippen LogP contribution in [0.15, 0.2) is 48.5 Å². The third-order valence-corrected chi connectivity index (χ3v) is 6.41. The monoisotopic (exact) mass is 452 g/mol. The van der Waals surface area contributed by atoms with Gasteiger partial charge in [0.25, 0.3) is 5.91 Å². The maximum absolute atomic E-state index is 12.6. The molecule has 1 aliphatic rings. The lowest BCUT2D eigenvalue weighted by atomic mass is 9.88. The second kappa shape index (κ2) is 8.72. The highest BCUT2D eigenvalue weighted by atomic mass is 32.1. The highest BCUT2D eigenvalue weighted by molar-refractivity contribution is 7.15. The molecule has 1 aromatic heterocycles. The van der Waals surface area contributed by atoms with Crippen molar-refractivity contribution in [3.05, 3.63) is 63.8 Å². The number of fused-ring (bicyclic) bond motifs is 1. The summed E-state index contributed by atoms with van der Waals surface area (Å²) in [5.74, 6) is -1.14. The molecule has 2 heterocycles. The molecule has 0 radical (unpaired) electrons. The lowest BCUT2D eigenvalue weighted by Gasteiger charge is -2.24. The minimum atomic E-state index is -1.07. The van der Waals surface area contributed by atoms with Crippen molar-refractivity contribution < 1.29 is 29.0 Å². The number of rotatable bonds is 7. The summed E-state index contributed by atoms with van der Waals surface area (Å²) >= 11 is 1.14. The van der Waals surface area contributed by atoms with Gasteiger partial charge < -0.3 is 25.6 Å². The van der Waals surface area contributed by atoms with Crippen molar-refractivity contribution in [1.82, 2.24) is 0 Å². The van der Waals surface area contributed by atoms with Crippen LogP contribution in [-0.4, -0.2) is 36.6 Å². The normalized spacial score (nSPS) is 14.9. The summed E-state index contributed by atoms with van der Waals surface area (Å²) < 4.78 is 10.6. The summed E-state index contributed by atoms with van der Waals surface area (Å²) in [4.78, 5) is 36.6. The third-order valence-electron chi connectivity index (χ3n) is 5.12. The number of thiophene rings is 1. The Morgan fingerprint density at radius 2 is 1.94 bits per heavy atom. The number of carboxylic acids is 1. The second-order valence-corrected chi connectivity index (χ2v) is 8.26. The zero-order valence-corrected chi connectivity index (χ0v) is 17.9. The molecule has 2 amide bonds. The average molecular weight is 452 g/mol. The van der Waals surface area contributed by atoms with Crippen LogP contribution < -0.4 is 20.5 Å². The number of benzene rings is 2. The average Bonchev–Trinajstić information content (AvgIpc) is 3.17. The molecule has 3 aromatic rings. The van der Waals surface area contributed by atoms with E-state index in [2.05, 4.69) is 5.32 Å². The molecule has 2 aromatic carbocycles. The van der Waals surface area contributed by atoms with Gasteiger partial charge in [0.05, 0.1) is 12.8 Å². The van der Waals surface area contributed by atoms with Crippen LogP contribution in [0, 0.1) is 0 Å². The Morgan fingerprint density at radius 3 is 2.59 bits per heavy atom. The molecule has 0 saturated heterocycles. The number of ether oxygens (including phenoxy) is 2. The molecule has 0 bridgehead atoms. The zero-order valence-electron chi connectivity index (χ0n) is 17.1. The largest absolute Gasteiger partial charge is 0.497 e. The van der Waals surface area contributed by atoms with E-state index in [1.54, 1.807) is 49.6 Å². The summed E-state index contributed by atoms with van der Waals surface area (Å²) in [7, 11) is 1.55. The number of amides is 2. The van der Waals surface area contributed by atoms with E-state index in [1.807, 2.05) is 6.07 Å². The number of aromatic carboxylic acids is 1. The van der Waals surface area contributed by atoms with Gasteiger partial charge in [0.15, 0.2) is 6.61 Å². The van der Waals surface area contributed by atoms with E-state index in [9.17, 15) is 19.5 Å². The molecule has 0 saturated carbocycles. The first-order valence-electron chi connectivity index (χ1n) is 9.72. The maximum Gasteiger partial charge on any atom is 0.346 e. The number of carbonyl (C=O) groups excluding carboxylic acids is 2. The molecule has 0 spiro atoms. The lowest BCUT2D eigenvalue weighted by molar-refractivity contribution is -0.120. The predicted molar refractivity (Wildman–Crippen MR) is 119 cm³/mol. The molecule has 0 fully saturated rings. The van der Waals surface area contributed by atoms with Gasteiger partial charge in [-0.2, -0.15) is 0 Å². The summed E-state index contributed by atoms with van der Waals surface area (Å²) in [5, 5.41) is 12.7. The molecular formula is C23H20N2O6S. The first-order chi connectivity index (χ1) is 15.4. The van der Waals surface area contributed by atoms with Gasteiger partial charge in [0, 0.05) is 22.8 Å². The van der Waals surface area contributed by atoms with Crippen molar-refractivity contribution in [2.45, 2.75) is 12.3 Å². The highest BCUT2D eigenvalue weighted by Crippen LogP contribution is 2.49. The Balaban J connectivity index is 1.81. The lowest BCUT2D eigenvalue weighted by Crippen LogP contribution is -2.22. The summed E-state index contributed by atoms with van der Waals surface area (Å²) in [6.07, 6.45) is 0.161. The van der Waals surface area contributed by atoms with Crippen LogP contribution >= 0.6 is 11.3 Å². The molecule has 4 N–H and O–H groups in total. The number of hydrogen-bond donors (Lipinski definition) is 3. The highest BCUT2D eigenvalue weighted by Gasteiger charge is 2.34. The molecule has 164 valence electrons. The van der Waals surface area contributed by atoms with Crippen molar-refractivity contribution in [3.8, 4) is 22.6 Å². The maximum atomic E-state index is 12.6. The fourth-order valence-electron chi connectivity index (χ4n) is 3.72. The number of nitrogens with two attached hydrogens (primary N) is 1. The van der Waals surface area contributed by atoms with Crippen LogP contribution in [0.5, 0.6) is 11.5 Å². The van der Waals surface area contributed by atoms with Gasteiger partial charge in [-0.1, -0.05) is 24.3 Å². The quantitative estimate of drug-likeness (QED) is 0.504. The van der Waals surface area contributed by atoms with Gasteiger partial charge in [-0.25, -0.2) is 4.79 Å². The van der Waals surface area contributed by atoms with Crippen molar-refractivity contribution in [3.63, 3.8) is 0 Å². The molecule has 1 unspecified atom stereocenters. The van der Waals surface area contributed by atoms with E-state index < -0.39 is 11.9 Å². The van der Waals surface area contributed by atoms with Crippen LogP contribution in [0.25, 0.3) is 11.1 Å². The topological polar surface area (TPSA) is 128 Å². The number of hydrogen-bond acceptors (Lipinski definition) is 6. The molecule has 1 aliphatic heterocycles. The van der Waals surface area contributed by atoms with Crippen molar-refractivity contribution >= 4 is 34.8 Å². The minimum absolute atomic E-state index is 0.147. The van der Waals surface area contributed by atoms with E-state index in [4.69, 9.17) is 15.2 Å². The van der Waals surface area contributed by atoms with Crippen LogP contribution in [0.4, 0.5) is 5.69 Å². The van der Waals surface area contributed by atoms with Crippen LogP contribution in [-0.2, 0) is 9.59 Å². The predicted octanol–water partition coefficient (Wildman–Crippen LogP) is 3.46. The molecule has 4 rings (SSSR count). The molecule has 8 nitrogen and oxygen atoms in total. The van der Waals surface area contributed by atoms with E-state index in [-0.39, 0.29) is 29.7 Å². The second-order valence-electron chi connectivity index (χ2n) is 7.21. The molecule has 1 atom stereocenters. The summed E-state index contributed by atoms with van der Waals surface area (Å²) in [6, 6.07) is 14.0. The zero-order chi connectivity index (χ0) is 22.8. The first-order valence-corrected chi connectivity index (χ1v) is 10.5. The van der Waals surface area contributed by atoms with Crippen molar-refractivity contribution in [2.75, 3.05) is 19.0 Å². The molecular weight excluding hydrogens is 432 g/mol. The fourth-order valence-corrected chi connectivity index (χ4v) is 4.96. The number of carboxylic acid groups (broad SMARTS) is 1. The van der Waals surface area contributed by atoms with Crippen molar-refractivity contribution in [1.29, 1.82) is 0 Å². The van der Waals surface area contributed by atoms with Gasteiger partial charge in [-0.05, 0) is 35.4 Å². The molecule has 0 aliphatic carbocycles. The first kappa shape index (κ1) is 21.4. The Hall–Kier alpha value is -3.85. The Kier molecular flexibility index (Phi) is 5.83. The smallest absolute Gasteiger partial charge is 0.346 e. The number of anilines is 1. The van der Waals surface area contributed by atoms with Gasteiger partial charge in [0.2, 0.25) is 5.91 Å². The van der Waals surface area contributed by atoms with Crippen LogP contribution in [0.3, 0.4) is 0 Å². The summed E-state index contributed by atoms with van der Waals surface area (Å²) in [6.45, 7) is -0.260. The van der Waals surface area contributed by atoms with Crippen molar-refractivity contribution in [2.24, 2.45) is 5.73 Å². The van der Waals surface area contributed by atoms with Crippen LogP contribution in [0.1, 0.15) is 32.5 Å².